The van der Waals surface area contributed by atoms with E-state index in [1.54, 1.807) is 31.6 Å². The van der Waals surface area contributed by atoms with Crippen LogP contribution in [0.15, 0.2) is 49.1 Å². The second-order valence-electron chi connectivity index (χ2n) is 6.62. The number of ether oxygens (including phenoxy) is 1. The first-order chi connectivity index (χ1) is 13.2. The van der Waals surface area contributed by atoms with Crippen molar-refractivity contribution < 1.29 is 9.53 Å². The van der Waals surface area contributed by atoms with Gasteiger partial charge in [0.1, 0.15) is 5.82 Å². The zero-order valence-corrected chi connectivity index (χ0v) is 15.4. The van der Waals surface area contributed by atoms with Crippen molar-refractivity contribution in [2.24, 2.45) is 0 Å². The fourth-order valence-corrected chi connectivity index (χ4v) is 3.56. The summed E-state index contributed by atoms with van der Waals surface area (Å²) in [6, 6.07) is 7.57. The van der Waals surface area contributed by atoms with Crippen LogP contribution in [0.2, 0.25) is 0 Å². The molecule has 27 heavy (non-hydrogen) atoms. The number of hydrogen-bond acceptors (Lipinski definition) is 5. The molecule has 0 aromatic carbocycles. The summed E-state index contributed by atoms with van der Waals surface area (Å²) in [6.07, 6.45) is 7.90. The Morgan fingerprint density at radius 1 is 1.19 bits per heavy atom. The lowest BCUT2D eigenvalue weighted by Crippen LogP contribution is -2.29. The third-order valence-electron chi connectivity index (χ3n) is 4.91. The van der Waals surface area contributed by atoms with Crippen LogP contribution in [0.3, 0.4) is 0 Å². The van der Waals surface area contributed by atoms with Gasteiger partial charge < -0.3 is 14.2 Å². The maximum absolute atomic E-state index is 12.8. The molecule has 3 aromatic heterocycles. The Bertz CT molecular complexity index is 937. The Labute approximate surface area is 157 Å². The summed E-state index contributed by atoms with van der Waals surface area (Å²) in [7, 11) is 1.56. The zero-order valence-electron chi connectivity index (χ0n) is 15.4. The molecule has 1 aliphatic heterocycles. The van der Waals surface area contributed by atoms with Gasteiger partial charge in [-0.2, -0.15) is 0 Å². The number of nitrogens with zero attached hydrogens (tertiary/aromatic N) is 5. The van der Waals surface area contributed by atoms with E-state index in [-0.39, 0.29) is 11.9 Å². The lowest BCUT2D eigenvalue weighted by molar-refractivity contribution is 0.0787. The van der Waals surface area contributed by atoms with Gasteiger partial charge in [-0.25, -0.2) is 9.97 Å². The zero-order chi connectivity index (χ0) is 18.8. The Hall–Kier alpha value is -3.22. The van der Waals surface area contributed by atoms with Crippen LogP contribution in [-0.2, 0) is 0 Å². The van der Waals surface area contributed by atoms with Crippen LogP contribution in [0, 0.1) is 6.92 Å². The highest BCUT2D eigenvalue weighted by Crippen LogP contribution is 2.30. The molecule has 1 amide bonds. The summed E-state index contributed by atoms with van der Waals surface area (Å²) in [6.45, 7) is 3.40. The van der Waals surface area contributed by atoms with Crippen molar-refractivity contribution in [2.45, 2.75) is 19.4 Å². The molecule has 1 unspecified atom stereocenters. The lowest BCUT2D eigenvalue weighted by atomic mass is 10.2. The Morgan fingerprint density at radius 3 is 2.78 bits per heavy atom. The van der Waals surface area contributed by atoms with Gasteiger partial charge in [-0.05, 0) is 31.5 Å². The number of aromatic nitrogens is 4. The number of methoxy groups -OCH3 is 1. The second-order valence-corrected chi connectivity index (χ2v) is 6.62. The standard InChI is InChI=1S/C20H21N5O2/c1-14-10-23-19(15-4-3-8-21-11-15)25(14)17-7-9-24(13-17)20(26)16-5-6-18(27-2)22-12-16/h3-6,8,10-12,17H,7,9,13H2,1-2H3. The summed E-state index contributed by atoms with van der Waals surface area (Å²) in [5.74, 6) is 1.39. The Balaban J connectivity index is 1.55. The SMILES string of the molecule is COc1ccc(C(=O)N2CCC(n3c(C)cnc3-c3cccnc3)C2)cn1. The fourth-order valence-electron chi connectivity index (χ4n) is 3.56. The molecule has 1 saturated heterocycles. The van der Waals surface area contributed by atoms with Gasteiger partial charge in [0.05, 0.1) is 18.7 Å². The van der Waals surface area contributed by atoms with Crippen LogP contribution in [0.4, 0.5) is 0 Å². The van der Waals surface area contributed by atoms with E-state index < -0.39 is 0 Å². The number of imidazole rings is 1. The van der Waals surface area contributed by atoms with Crippen LogP contribution >= 0.6 is 0 Å². The number of amides is 1. The average molecular weight is 363 g/mol. The number of aryl methyl sites for hydroxylation is 1. The van der Waals surface area contributed by atoms with E-state index in [4.69, 9.17) is 4.74 Å². The van der Waals surface area contributed by atoms with Crippen molar-refractivity contribution in [2.75, 3.05) is 20.2 Å². The summed E-state index contributed by atoms with van der Waals surface area (Å²) in [5, 5.41) is 0. The van der Waals surface area contributed by atoms with Crippen LogP contribution in [0.5, 0.6) is 5.88 Å². The predicted octanol–water partition coefficient (Wildman–Crippen LogP) is 2.74. The molecule has 1 aliphatic rings. The van der Waals surface area contributed by atoms with Crippen LogP contribution in [-0.4, -0.2) is 50.5 Å². The number of carbonyl (C=O) groups is 1. The molecule has 0 saturated carbocycles. The topological polar surface area (TPSA) is 73.1 Å². The monoisotopic (exact) mass is 363 g/mol. The fraction of sp³-hybridized carbons (Fsp3) is 0.300. The van der Waals surface area contributed by atoms with Gasteiger partial charge in [0.2, 0.25) is 5.88 Å². The van der Waals surface area contributed by atoms with Crippen molar-refractivity contribution in [3.63, 3.8) is 0 Å². The summed E-state index contributed by atoms with van der Waals surface area (Å²) in [4.78, 5) is 27.6. The minimum atomic E-state index is -0.00616. The van der Waals surface area contributed by atoms with Crippen LogP contribution in [0.1, 0.15) is 28.5 Å². The third kappa shape index (κ3) is 3.28. The molecule has 7 heteroatoms. The van der Waals surface area contributed by atoms with E-state index in [9.17, 15) is 4.79 Å². The first-order valence-corrected chi connectivity index (χ1v) is 8.91. The number of rotatable bonds is 4. The Morgan fingerprint density at radius 2 is 2.07 bits per heavy atom. The largest absolute Gasteiger partial charge is 0.481 e. The van der Waals surface area contributed by atoms with E-state index in [1.807, 2.05) is 36.4 Å². The van der Waals surface area contributed by atoms with E-state index in [1.165, 1.54) is 0 Å². The van der Waals surface area contributed by atoms with E-state index in [0.717, 1.165) is 23.5 Å². The molecule has 0 N–H and O–H groups in total. The molecule has 0 spiro atoms. The highest BCUT2D eigenvalue weighted by molar-refractivity contribution is 5.94. The van der Waals surface area contributed by atoms with Crippen LogP contribution < -0.4 is 4.74 Å². The maximum Gasteiger partial charge on any atom is 0.255 e. The lowest BCUT2D eigenvalue weighted by Gasteiger charge is -2.19. The van der Waals surface area contributed by atoms with Gasteiger partial charge in [0.15, 0.2) is 0 Å². The summed E-state index contributed by atoms with van der Waals surface area (Å²) < 4.78 is 7.28. The Kier molecular flexibility index (Phi) is 4.58. The molecule has 138 valence electrons. The van der Waals surface area contributed by atoms with E-state index >= 15 is 0 Å². The third-order valence-corrected chi connectivity index (χ3v) is 4.91. The number of carbonyl (C=O) groups excluding carboxylic acids is 1. The normalized spacial score (nSPS) is 16.5. The molecule has 0 radical (unpaired) electrons. The molecular weight excluding hydrogens is 342 g/mol. The van der Waals surface area contributed by atoms with Gasteiger partial charge in [-0.3, -0.25) is 9.78 Å². The molecular formula is C20H21N5O2. The number of pyridine rings is 2. The van der Waals surface area contributed by atoms with Gasteiger partial charge >= 0.3 is 0 Å². The average Bonchev–Trinajstić information content (AvgIpc) is 3.34. The van der Waals surface area contributed by atoms with Crippen molar-refractivity contribution in [3.05, 3.63) is 60.3 Å². The smallest absolute Gasteiger partial charge is 0.255 e. The van der Waals surface area contributed by atoms with Gasteiger partial charge in [0.25, 0.3) is 5.91 Å². The first kappa shape index (κ1) is 17.2. The van der Waals surface area contributed by atoms with Crippen molar-refractivity contribution in [3.8, 4) is 17.3 Å². The maximum atomic E-state index is 12.8. The molecule has 4 rings (SSSR count). The first-order valence-electron chi connectivity index (χ1n) is 8.91. The van der Waals surface area contributed by atoms with Crippen molar-refractivity contribution in [1.82, 2.24) is 24.4 Å². The van der Waals surface area contributed by atoms with Crippen molar-refractivity contribution in [1.29, 1.82) is 0 Å². The van der Waals surface area contributed by atoms with Crippen molar-refractivity contribution >= 4 is 5.91 Å². The number of hydrogen-bond donors (Lipinski definition) is 0. The highest BCUT2D eigenvalue weighted by Gasteiger charge is 2.30. The van der Waals surface area contributed by atoms with E-state index in [0.29, 0.717) is 24.5 Å². The quantitative estimate of drug-likeness (QED) is 0.713. The molecule has 1 fully saturated rings. The molecule has 3 aromatic rings. The minimum absolute atomic E-state index is 0.00616. The van der Waals surface area contributed by atoms with E-state index in [2.05, 4.69) is 19.5 Å². The molecule has 0 bridgehead atoms. The van der Waals surface area contributed by atoms with Crippen LogP contribution in [0.25, 0.3) is 11.4 Å². The minimum Gasteiger partial charge on any atom is -0.481 e. The molecule has 1 atom stereocenters. The van der Waals surface area contributed by atoms with Gasteiger partial charge in [-0.15, -0.1) is 0 Å². The summed E-state index contributed by atoms with van der Waals surface area (Å²) >= 11 is 0. The number of likely N-dealkylation sites (tertiary alicyclic amines) is 1. The molecule has 4 heterocycles. The summed E-state index contributed by atoms with van der Waals surface area (Å²) in [5.41, 5.74) is 2.64. The predicted molar refractivity (Wildman–Crippen MR) is 101 cm³/mol. The highest BCUT2D eigenvalue weighted by atomic mass is 16.5. The second kappa shape index (κ2) is 7.19. The molecule has 0 aliphatic carbocycles. The van der Waals surface area contributed by atoms with Gasteiger partial charge in [0, 0.05) is 55.2 Å². The van der Waals surface area contributed by atoms with Gasteiger partial charge in [-0.1, -0.05) is 0 Å². The molecule has 7 nitrogen and oxygen atoms in total.